The van der Waals surface area contributed by atoms with Crippen LogP contribution in [0.2, 0.25) is 0 Å². The van der Waals surface area contributed by atoms with Crippen molar-refractivity contribution in [1.29, 1.82) is 0 Å². The summed E-state index contributed by atoms with van der Waals surface area (Å²) in [4.78, 5) is 29.6. The second-order valence-electron chi connectivity index (χ2n) is 7.58. The molecule has 3 heterocycles. The molecule has 186 valence electrons. The number of aromatic amines is 2. The minimum Gasteiger partial charge on any atom is -0.467 e. The van der Waals surface area contributed by atoms with Gasteiger partial charge in [-0.1, -0.05) is 12.1 Å². The fraction of sp³-hybridized carbons (Fsp3) is 0.208. The fourth-order valence-corrected chi connectivity index (χ4v) is 3.13. The van der Waals surface area contributed by atoms with Gasteiger partial charge in [0.15, 0.2) is 6.20 Å². The highest BCUT2D eigenvalue weighted by molar-refractivity contribution is 5.30. The van der Waals surface area contributed by atoms with Crippen LogP contribution >= 0.6 is 0 Å². The highest BCUT2D eigenvalue weighted by Crippen LogP contribution is 2.29. The molecule has 0 aliphatic carbocycles. The second kappa shape index (κ2) is 10.8. The van der Waals surface area contributed by atoms with Crippen molar-refractivity contribution in [3.63, 3.8) is 0 Å². The van der Waals surface area contributed by atoms with Crippen molar-refractivity contribution in [2.24, 2.45) is 0 Å². The number of hydrogen-bond donors (Lipinski definition) is 1. The van der Waals surface area contributed by atoms with Gasteiger partial charge in [-0.2, -0.15) is 18.2 Å². The number of pyridine rings is 1. The fourth-order valence-electron chi connectivity index (χ4n) is 3.13. The third-order valence-electron chi connectivity index (χ3n) is 5.00. The third-order valence-corrected chi connectivity index (χ3v) is 5.00. The highest BCUT2D eigenvalue weighted by Gasteiger charge is 2.32. The zero-order valence-electron chi connectivity index (χ0n) is 19.0. The Hall–Kier alpha value is -4.48. The van der Waals surface area contributed by atoms with Gasteiger partial charge in [-0.05, 0) is 29.3 Å². The lowest BCUT2D eigenvalue weighted by Gasteiger charge is -2.07. The molecule has 3 aromatic heterocycles. The summed E-state index contributed by atoms with van der Waals surface area (Å²) in [7, 11) is 1.47. The van der Waals surface area contributed by atoms with E-state index < -0.39 is 11.7 Å². The highest BCUT2D eigenvalue weighted by atomic mass is 19.4. The number of aromatic nitrogens is 5. The molecular formula is C24H21F3N5O4+. The maximum atomic E-state index is 12.6. The molecule has 0 aliphatic rings. The van der Waals surface area contributed by atoms with E-state index in [1.165, 1.54) is 19.4 Å². The van der Waals surface area contributed by atoms with Crippen molar-refractivity contribution in [3.05, 3.63) is 93.8 Å². The minimum absolute atomic E-state index is 0.104. The largest absolute Gasteiger partial charge is 0.467 e. The number of halogens is 3. The first-order valence-corrected chi connectivity index (χ1v) is 10.7. The van der Waals surface area contributed by atoms with Crippen LogP contribution in [0.5, 0.6) is 23.7 Å². The number of nitrogens with one attached hydrogen (secondary N) is 2. The molecule has 0 fully saturated rings. The molecule has 0 radical (unpaired) electrons. The Bertz CT molecular complexity index is 1340. The summed E-state index contributed by atoms with van der Waals surface area (Å²) < 4.78 is 53.9. The normalized spacial score (nSPS) is 11.2. The van der Waals surface area contributed by atoms with Gasteiger partial charge in [0, 0.05) is 37.0 Å². The van der Waals surface area contributed by atoms with Gasteiger partial charge in [0.2, 0.25) is 0 Å². The van der Waals surface area contributed by atoms with E-state index in [0.717, 1.165) is 23.4 Å². The molecule has 9 nitrogen and oxygen atoms in total. The van der Waals surface area contributed by atoms with Crippen LogP contribution in [0.4, 0.5) is 13.2 Å². The zero-order valence-corrected chi connectivity index (χ0v) is 19.0. The van der Waals surface area contributed by atoms with Crippen LogP contribution in [-0.4, -0.2) is 33.7 Å². The van der Waals surface area contributed by atoms with Gasteiger partial charge in [0.05, 0.1) is 19.8 Å². The van der Waals surface area contributed by atoms with E-state index in [4.69, 9.17) is 14.2 Å². The summed E-state index contributed by atoms with van der Waals surface area (Å²) in [5.74, 6) is 0.636. The van der Waals surface area contributed by atoms with Gasteiger partial charge in [0.25, 0.3) is 11.6 Å². The molecule has 0 unspecified atom stereocenters. The van der Waals surface area contributed by atoms with Crippen molar-refractivity contribution in [3.8, 4) is 23.7 Å². The molecule has 0 atom stereocenters. The molecule has 0 bridgehead atoms. The molecule has 0 amide bonds. The number of alkyl halides is 3. The predicted molar refractivity (Wildman–Crippen MR) is 120 cm³/mol. The lowest BCUT2D eigenvalue weighted by Crippen LogP contribution is -2.16. The van der Waals surface area contributed by atoms with Crippen LogP contribution in [0, 0.1) is 0 Å². The van der Waals surface area contributed by atoms with Gasteiger partial charge in [-0.25, -0.2) is 15.0 Å². The van der Waals surface area contributed by atoms with Crippen LogP contribution in [0.3, 0.4) is 0 Å². The van der Waals surface area contributed by atoms with E-state index in [0.29, 0.717) is 24.2 Å². The van der Waals surface area contributed by atoms with E-state index in [-0.39, 0.29) is 30.1 Å². The number of ether oxygens (including phenoxy) is 3. The first-order chi connectivity index (χ1) is 17.3. The summed E-state index contributed by atoms with van der Waals surface area (Å²) in [5, 5.41) is 0. The molecule has 4 rings (SSSR count). The Labute approximate surface area is 203 Å². The monoisotopic (exact) mass is 500 g/mol. The van der Waals surface area contributed by atoms with Crippen molar-refractivity contribution in [1.82, 2.24) is 19.9 Å². The topological polar surface area (TPSA) is 113 Å². The Morgan fingerprint density at radius 3 is 2.33 bits per heavy atom. The summed E-state index contributed by atoms with van der Waals surface area (Å²) in [6.45, 7) is 0.265. The van der Waals surface area contributed by atoms with Crippen LogP contribution in [0.1, 0.15) is 22.3 Å². The quantitative estimate of drug-likeness (QED) is 0.375. The van der Waals surface area contributed by atoms with Crippen LogP contribution in [0.15, 0.2) is 66.0 Å². The van der Waals surface area contributed by atoms with E-state index in [1.54, 1.807) is 36.7 Å². The van der Waals surface area contributed by atoms with Gasteiger partial charge < -0.3 is 14.2 Å². The van der Waals surface area contributed by atoms with Crippen LogP contribution < -0.4 is 24.8 Å². The molecule has 0 aliphatic heterocycles. The molecule has 0 saturated heterocycles. The Morgan fingerprint density at radius 1 is 0.972 bits per heavy atom. The van der Waals surface area contributed by atoms with E-state index in [2.05, 4.69) is 24.9 Å². The zero-order chi connectivity index (χ0) is 25.5. The molecule has 0 saturated carbocycles. The lowest BCUT2D eigenvalue weighted by atomic mass is 10.1. The van der Waals surface area contributed by atoms with E-state index in [9.17, 15) is 18.0 Å². The Morgan fingerprint density at radius 2 is 1.72 bits per heavy atom. The second-order valence-corrected chi connectivity index (χ2v) is 7.58. The van der Waals surface area contributed by atoms with Crippen LogP contribution in [0.25, 0.3) is 0 Å². The first-order valence-electron chi connectivity index (χ1n) is 10.7. The molecule has 0 spiro atoms. The van der Waals surface area contributed by atoms with Gasteiger partial charge in [-0.3, -0.25) is 9.78 Å². The average Bonchev–Trinajstić information content (AvgIpc) is 2.87. The van der Waals surface area contributed by atoms with Crippen LogP contribution in [-0.2, 0) is 19.0 Å². The maximum absolute atomic E-state index is 12.6. The third kappa shape index (κ3) is 6.56. The average molecular weight is 500 g/mol. The SMILES string of the molecule is COc1ncc(Cc2cnc(OCCc3ccc(Oc4ccc(C(F)(F)F)c[nH+]4)cc3)[nH]c2=O)cn1. The number of benzene rings is 1. The summed E-state index contributed by atoms with van der Waals surface area (Å²) >= 11 is 0. The molecule has 4 aromatic rings. The van der Waals surface area contributed by atoms with Crippen molar-refractivity contribution >= 4 is 0 Å². The first kappa shape index (κ1) is 24.6. The summed E-state index contributed by atoms with van der Waals surface area (Å²) in [6.07, 6.45) is 1.87. The van der Waals surface area contributed by atoms with E-state index in [1.807, 2.05) is 0 Å². The maximum Gasteiger partial charge on any atom is 0.422 e. The summed E-state index contributed by atoms with van der Waals surface area (Å²) in [6, 6.07) is 9.50. The van der Waals surface area contributed by atoms with Crippen molar-refractivity contribution < 1.29 is 32.4 Å². The Kier molecular flexibility index (Phi) is 7.42. The number of hydrogen-bond acceptors (Lipinski definition) is 7. The molecule has 1 aromatic carbocycles. The number of H-pyrrole nitrogens is 2. The number of rotatable bonds is 9. The predicted octanol–water partition coefficient (Wildman–Crippen LogP) is 3.41. The lowest BCUT2D eigenvalue weighted by molar-refractivity contribution is -0.393. The molecule has 2 N–H and O–H groups in total. The van der Waals surface area contributed by atoms with E-state index >= 15 is 0 Å². The molecule has 12 heteroatoms. The smallest absolute Gasteiger partial charge is 0.422 e. The standard InChI is InChI=1S/C24H20F3N5O4/c1-34-22-29-11-16(12-30-22)10-17-13-31-23(32-21(17)33)35-9-8-15-2-5-19(6-3-15)36-20-7-4-18(14-28-20)24(25,26)27/h2-7,11-14H,8-10H2,1H3,(H,31,32,33)/p+1. The number of nitrogens with zero attached hydrogens (tertiary/aromatic N) is 3. The minimum atomic E-state index is -4.42. The Balaban J connectivity index is 1.27. The van der Waals surface area contributed by atoms with Gasteiger partial charge >= 0.3 is 18.1 Å². The van der Waals surface area contributed by atoms with Gasteiger partial charge in [-0.15, -0.1) is 0 Å². The van der Waals surface area contributed by atoms with Crippen molar-refractivity contribution in [2.45, 2.75) is 19.0 Å². The molecular weight excluding hydrogens is 479 g/mol. The number of methoxy groups -OCH3 is 1. The molecule has 36 heavy (non-hydrogen) atoms. The van der Waals surface area contributed by atoms with Crippen molar-refractivity contribution in [2.75, 3.05) is 13.7 Å². The van der Waals surface area contributed by atoms with Gasteiger partial charge in [0.1, 0.15) is 11.3 Å². The summed E-state index contributed by atoms with van der Waals surface area (Å²) in [5.41, 5.74) is 0.995.